The van der Waals surface area contributed by atoms with E-state index in [9.17, 15) is 0 Å². The molecule has 4 nitrogen and oxygen atoms in total. The van der Waals surface area contributed by atoms with Crippen molar-refractivity contribution in [2.24, 2.45) is 0 Å². The zero-order valence-corrected chi connectivity index (χ0v) is 31.6. The summed E-state index contributed by atoms with van der Waals surface area (Å²) in [6.07, 6.45) is 0. The van der Waals surface area contributed by atoms with Gasteiger partial charge < -0.3 is 17.6 Å². The summed E-state index contributed by atoms with van der Waals surface area (Å²) in [4.78, 5) is 0. The predicted octanol–water partition coefficient (Wildman–Crippen LogP) is 13.5. The lowest BCUT2D eigenvalue weighted by Gasteiger charge is -2.20. The molecule has 0 spiro atoms. The fourth-order valence-corrected chi connectivity index (χ4v) is 8.06. The molecule has 0 bridgehead atoms. The average Bonchev–Trinajstić information content (AvgIpc) is 3.55. The van der Waals surface area contributed by atoms with Crippen molar-refractivity contribution in [3.63, 3.8) is 0 Å². The quantitative estimate of drug-likeness (QED) is 0.152. The van der Waals surface area contributed by atoms with Gasteiger partial charge >= 0.3 is 0 Å². The molecule has 9 rings (SSSR count). The summed E-state index contributed by atoms with van der Waals surface area (Å²) in [6, 6.07) is 27.5. The second kappa shape index (κ2) is 9.54. The SMILES string of the molecule is CC(C)(C)c1ccc2c(c1)oc1c3c4cc(C(C)(C)C)ccc4n4c5ccc(C(C)(C)C)cc5oc(c5c6cc(C(C)(C)C)ccc6n2c15)c34. The molecule has 50 heavy (non-hydrogen) atoms. The summed E-state index contributed by atoms with van der Waals surface area (Å²) in [5, 5.41) is 4.58. The van der Waals surface area contributed by atoms with Crippen molar-refractivity contribution in [1.82, 2.24) is 8.80 Å². The summed E-state index contributed by atoms with van der Waals surface area (Å²) in [5.74, 6) is 0. The third kappa shape index (κ3) is 4.23. The lowest BCUT2D eigenvalue weighted by molar-refractivity contribution is 0.586. The maximum Gasteiger partial charge on any atom is 0.162 e. The van der Waals surface area contributed by atoms with Gasteiger partial charge in [0.2, 0.25) is 0 Å². The van der Waals surface area contributed by atoms with Crippen LogP contribution in [0.5, 0.6) is 0 Å². The highest BCUT2D eigenvalue weighted by atomic mass is 16.3. The van der Waals surface area contributed by atoms with Gasteiger partial charge in [0.15, 0.2) is 22.3 Å². The second-order valence-electron chi connectivity index (χ2n) is 18.8. The molecule has 0 aliphatic carbocycles. The molecular weight excluding hydrogens is 613 g/mol. The Hall–Kier alpha value is -4.70. The van der Waals surface area contributed by atoms with Crippen LogP contribution in [0.15, 0.2) is 81.6 Å². The first-order chi connectivity index (χ1) is 23.3. The first-order valence-electron chi connectivity index (χ1n) is 18.1. The van der Waals surface area contributed by atoms with E-state index in [1.807, 2.05) is 0 Å². The normalized spacial score (nSPS) is 14.0. The summed E-state index contributed by atoms with van der Waals surface area (Å²) in [7, 11) is 0. The number of fused-ring (bicyclic) bond motifs is 12. The summed E-state index contributed by atoms with van der Waals surface area (Å²) in [5.41, 5.74) is 15.2. The largest absolute Gasteiger partial charge is 0.452 e. The van der Waals surface area contributed by atoms with Crippen molar-refractivity contribution in [2.45, 2.75) is 105 Å². The molecule has 0 unspecified atom stereocenters. The number of hydrogen-bond donors (Lipinski definition) is 0. The molecule has 0 fully saturated rings. The minimum Gasteiger partial charge on any atom is -0.452 e. The molecule has 0 aliphatic heterocycles. The van der Waals surface area contributed by atoms with Crippen molar-refractivity contribution in [1.29, 1.82) is 0 Å². The van der Waals surface area contributed by atoms with Crippen LogP contribution in [0.3, 0.4) is 0 Å². The third-order valence-electron chi connectivity index (χ3n) is 11.1. The molecule has 0 aliphatic rings. The molecule has 0 N–H and O–H groups in total. The van der Waals surface area contributed by atoms with Crippen molar-refractivity contribution in [3.05, 3.63) is 95.1 Å². The van der Waals surface area contributed by atoms with E-state index in [0.717, 1.165) is 66.2 Å². The van der Waals surface area contributed by atoms with Gasteiger partial charge in [-0.15, -0.1) is 0 Å². The Balaban J connectivity index is 1.63. The van der Waals surface area contributed by atoms with Crippen LogP contribution >= 0.6 is 0 Å². The smallest absolute Gasteiger partial charge is 0.162 e. The van der Waals surface area contributed by atoms with Crippen LogP contribution in [0.25, 0.3) is 77.0 Å². The molecule has 0 radical (unpaired) electrons. The summed E-state index contributed by atoms with van der Waals surface area (Å²) < 4.78 is 19.4. The predicted molar refractivity (Wildman–Crippen MR) is 213 cm³/mol. The molecule has 5 aromatic carbocycles. The molecule has 0 saturated heterocycles. The third-order valence-corrected chi connectivity index (χ3v) is 11.1. The lowest BCUT2D eigenvalue weighted by atomic mass is 9.86. The highest BCUT2D eigenvalue weighted by Gasteiger charge is 2.30. The summed E-state index contributed by atoms with van der Waals surface area (Å²) >= 11 is 0. The van der Waals surface area contributed by atoms with Crippen molar-refractivity contribution in [2.75, 3.05) is 0 Å². The van der Waals surface area contributed by atoms with E-state index in [0.29, 0.717) is 0 Å². The van der Waals surface area contributed by atoms with E-state index >= 15 is 0 Å². The Bertz CT molecular complexity index is 2690. The number of nitrogens with zero attached hydrogens (tertiary/aromatic N) is 2. The van der Waals surface area contributed by atoms with E-state index < -0.39 is 0 Å². The van der Waals surface area contributed by atoms with Crippen molar-refractivity contribution < 1.29 is 8.83 Å². The maximum atomic E-state index is 7.26. The van der Waals surface area contributed by atoms with Gasteiger partial charge in [-0.2, -0.15) is 0 Å². The Labute approximate surface area is 293 Å². The molecule has 4 heteroatoms. The van der Waals surface area contributed by atoms with E-state index in [2.05, 4.69) is 165 Å². The minimum atomic E-state index is -0.0184. The molecule has 4 aromatic heterocycles. The van der Waals surface area contributed by atoms with Crippen molar-refractivity contribution in [3.8, 4) is 0 Å². The first kappa shape index (κ1) is 31.3. The highest BCUT2D eigenvalue weighted by molar-refractivity contribution is 6.35. The summed E-state index contributed by atoms with van der Waals surface area (Å²) in [6.45, 7) is 27.3. The van der Waals surface area contributed by atoms with Crippen LogP contribution in [-0.2, 0) is 21.7 Å². The van der Waals surface area contributed by atoms with Crippen LogP contribution in [0.4, 0.5) is 0 Å². The number of aromatic nitrogens is 2. The standard InChI is InChI=1S/C46H48N2O2/c1-43(2,3)25-13-17-31-29(21-25)37-39-42(50-35-23-27(45(7,8)9)15-19-33(35)47(31)39)38-30-22-26(44(4,5)6)14-18-32(30)48-34-20-16-28(46(10,11)12)24-36(34)49-41(37)40(38)48/h13-24H,1-12H3. The van der Waals surface area contributed by atoms with Gasteiger partial charge in [-0.3, -0.25) is 0 Å². The van der Waals surface area contributed by atoms with E-state index in [4.69, 9.17) is 8.83 Å². The fraction of sp³-hybridized carbons (Fsp3) is 0.348. The molecule has 9 aromatic rings. The minimum absolute atomic E-state index is 0.0176. The number of rotatable bonds is 0. The molecule has 254 valence electrons. The van der Waals surface area contributed by atoms with Gasteiger partial charge in [-0.1, -0.05) is 107 Å². The average molecular weight is 661 g/mol. The monoisotopic (exact) mass is 660 g/mol. The Morgan fingerprint density at radius 3 is 1.00 bits per heavy atom. The van der Waals surface area contributed by atoms with E-state index in [1.54, 1.807) is 0 Å². The van der Waals surface area contributed by atoms with Gasteiger partial charge in [0.05, 0.1) is 32.8 Å². The zero-order valence-electron chi connectivity index (χ0n) is 31.6. The Morgan fingerprint density at radius 2 is 0.680 bits per heavy atom. The van der Waals surface area contributed by atoms with Crippen molar-refractivity contribution >= 4 is 77.0 Å². The molecular formula is C46H48N2O2. The van der Waals surface area contributed by atoms with Crippen LogP contribution in [-0.4, -0.2) is 8.80 Å². The Morgan fingerprint density at radius 1 is 0.380 bits per heavy atom. The zero-order chi connectivity index (χ0) is 35.4. The van der Waals surface area contributed by atoms with Gasteiger partial charge in [-0.25, -0.2) is 0 Å². The molecule has 4 heterocycles. The second-order valence-corrected chi connectivity index (χ2v) is 18.8. The number of hydrogen-bond acceptors (Lipinski definition) is 2. The fourth-order valence-electron chi connectivity index (χ4n) is 8.06. The Kier molecular flexibility index (Phi) is 5.97. The lowest BCUT2D eigenvalue weighted by Crippen LogP contribution is -2.11. The van der Waals surface area contributed by atoms with Crippen LogP contribution < -0.4 is 0 Å². The van der Waals surface area contributed by atoms with Crippen LogP contribution in [0.1, 0.15) is 105 Å². The van der Waals surface area contributed by atoms with E-state index in [-0.39, 0.29) is 21.7 Å². The number of benzene rings is 5. The molecule has 0 saturated carbocycles. The molecule has 0 amide bonds. The first-order valence-corrected chi connectivity index (χ1v) is 18.1. The van der Waals surface area contributed by atoms with Crippen LogP contribution in [0, 0.1) is 0 Å². The highest BCUT2D eigenvalue weighted by Crippen LogP contribution is 2.49. The van der Waals surface area contributed by atoms with Gasteiger partial charge in [-0.05, 0) is 92.4 Å². The topological polar surface area (TPSA) is 35.1 Å². The maximum absolute atomic E-state index is 7.26. The van der Waals surface area contributed by atoms with E-state index in [1.165, 1.54) is 33.0 Å². The van der Waals surface area contributed by atoms with Gasteiger partial charge in [0.1, 0.15) is 11.0 Å². The van der Waals surface area contributed by atoms with Crippen LogP contribution in [0.2, 0.25) is 0 Å². The molecule has 0 atom stereocenters. The van der Waals surface area contributed by atoms with Gasteiger partial charge in [0, 0.05) is 10.8 Å². The van der Waals surface area contributed by atoms with Gasteiger partial charge in [0.25, 0.3) is 0 Å².